The molecule has 0 amide bonds. The van der Waals surface area contributed by atoms with Crippen molar-refractivity contribution in [1.82, 2.24) is 9.97 Å². The number of hydrogen-bond acceptors (Lipinski definition) is 2. The van der Waals surface area contributed by atoms with Gasteiger partial charge in [-0.2, -0.15) is 5.26 Å². The lowest BCUT2D eigenvalue weighted by Gasteiger charge is -2.04. The van der Waals surface area contributed by atoms with E-state index in [2.05, 4.69) is 51.0 Å². The zero-order valence-electron chi connectivity index (χ0n) is 10.00. The fourth-order valence-corrected chi connectivity index (χ4v) is 2.47. The van der Waals surface area contributed by atoms with Crippen LogP contribution in [0.25, 0.3) is 11.3 Å². The predicted octanol–water partition coefficient (Wildman–Crippen LogP) is 3.70. The van der Waals surface area contributed by atoms with Gasteiger partial charge in [-0.05, 0) is 37.5 Å². The largest absolute Gasteiger partial charge is 0.341 e. The summed E-state index contributed by atoms with van der Waals surface area (Å²) >= 11 is 3.48. The van der Waals surface area contributed by atoms with Gasteiger partial charge in [0, 0.05) is 10.0 Å². The van der Waals surface area contributed by atoms with Gasteiger partial charge in [0.15, 0.2) is 0 Å². The van der Waals surface area contributed by atoms with Crippen molar-refractivity contribution in [3.05, 3.63) is 40.3 Å². The van der Waals surface area contributed by atoms with Gasteiger partial charge in [-0.3, -0.25) is 0 Å². The summed E-state index contributed by atoms with van der Waals surface area (Å²) < 4.78 is 1.04. The average molecular weight is 302 g/mol. The Morgan fingerprint density at radius 1 is 1.44 bits per heavy atom. The Bertz CT molecular complexity index is 647. The third kappa shape index (κ3) is 1.75. The molecule has 1 aliphatic carbocycles. The lowest BCUT2D eigenvalue weighted by Crippen LogP contribution is -2.04. The molecule has 0 bridgehead atoms. The number of aromatic nitrogens is 2. The van der Waals surface area contributed by atoms with E-state index < -0.39 is 0 Å². The summed E-state index contributed by atoms with van der Waals surface area (Å²) in [5, 5.41) is 9.17. The smallest absolute Gasteiger partial charge is 0.127 e. The van der Waals surface area contributed by atoms with E-state index in [1.165, 1.54) is 5.56 Å². The molecule has 1 heterocycles. The van der Waals surface area contributed by atoms with Gasteiger partial charge in [0.05, 0.1) is 18.0 Å². The molecule has 1 fully saturated rings. The molecule has 0 spiro atoms. The van der Waals surface area contributed by atoms with Gasteiger partial charge in [-0.1, -0.05) is 22.0 Å². The zero-order chi connectivity index (χ0) is 12.8. The number of hydrogen-bond donors (Lipinski definition) is 1. The van der Waals surface area contributed by atoms with E-state index in [0.717, 1.165) is 34.4 Å². The number of H-pyrrole nitrogens is 1. The zero-order valence-corrected chi connectivity index (χ0v) is 11.6. The van der Waals surface area contributed by atoms with Crippen LogP contribution < -0.4 is 0 Å². The van der Waals surface area contributed by atoms with Crippen LogP contribution in [0.5, 0.6) is 0 Å². The van der Waals surface area contributed by atoms with E-state index in [9.17, 15) is 5.26 Å². The molecular formula is C14H12BrN3. The number of aryl methyl sites for hydroxylation is 1. The summed E-state index contributed by atoms with van der Waals surface area (Å²) in [5.74, 6) is 0.805. The second-order valence-electron chi connectivity index (χ2n) is 4.80. The van der Waals surface area contributed by atoms with E-state index in [1.54, 1.807) is 0 Å². The van der Waals surface area contributed by atoms with E-state index >= 15 is 0 Å². The van der Waals surface area contributed by atoms with Crippen LogP contribution in [0.3, 0.4) is 0 Å². The number of aromatic amines is 1. The Balaban J connectivity index is 2.04. The van der Waals surface area contributed by atoms with Gasteiger partial charge >= 0.3 is 0 Å². The van der Waals surface area contributed by atoms with Gasteiger partial charge < -0.3 is 4.98 Å². The molecule has 0 atom stereocenters. The van der Waals surface area contributed by atoms with E-state index in [4.69, 9.17) is 0 Å². The molecule has 90 valence electrons. The van der Waals surface area contributed by atoms with Crippen LogP contribution in [0, 0.1) is 18.3 Å². The third-order valence-corrected chi connectivity index (χ3v) is 3.98. The first kappa shape index (κ1) is 11.5. The number of halogens is 1. The minimum absolute atomic E-state index is 0.349. The summed E-state index contributed by atoms with van der Waals surface area (Å²) in [7, 11) is 0. The van der Waals surface area contributed by atoms with Crippen LogP contribution in [-0.2, 0) is 5.41 Å². The first-order valence-electron chi connectivity index (χ1n) is 5.88. The molecular weight excluding hydrogens is 290 g/mol. The van der Waals surface area contributed by atoms with Crippen molar-refractivity contribution >= 4 is 15.9 Å². The monoisotopic (exact) mass is 301 g/mol. The maximum atomic E-state index is 9.17. The van der Waals surface area contributed by atoms with Crippen LogP contribution in [0.4, 0.5) is 0 Å². The van der Waals surface area contributed by atoms with Crippen molar-refractivity contribution < 1.29 is 0 Å². The number of benzene rings is 1. The topological polar surface area (TPSA) is 52.5 Å². The summed E-state index contributed by atoms with van der Waals surface area (Å²) in [6, 6.07) is 8.51. The third-order valence-electron chi connectivity index (χ3n) is 3.48. The molecule has 0 saturated heterocycles. The summed E-state index contributed by atoms with van der Waals surface area (Å²) in [5.41, 5.74) is 2.94. The Kier molecular flexibility index (Phi) is 2.53. The molecule has 0 unspecified atom stereocenters. The second-order valence-corrected chi connectivity index (χ2v) is 5.71. The highest BCUT2D eigenvalue weighted by Gasteiger charge is 2.47. The standard InChI is InChI=1S/C14H12BrN3/c1-9-2-3-10(15)6-11(9)12-7-17-13(18-12)14(8-16)4-5-14/h2-3,6-7H,4-5H2,1H3,(H,17,18). The molecule has 1 aromatic carbocycles. The first-order chi connectivity index (χ1) is 8.64. The van der Waals surface area contributed by atoms with Gasteiger partial charge in [0.1, 0.15) is 11.2 Å². The highest BCUT2D eigenvalue weighted by molar-refractivity contribution is 9.10. The number of nitriles is 1. The Labute approximate surface area is 114 Å². The van der Waals surface area contributed by atoms with Gasteiger partial charge in [0.2, 0.25) is 0 Å². The summed E-state index contributed by atoms with van der Waals surface area (Å²) in [6.45, 7) is 2.07. The van der Waals surface area contributed by atoms with Crippen molar-refractivity contribution in [1.29, 1.82) is 5.26 Å². The van der Waals surface area contributed by atoms with E-state index in [1.807, 2.05) is 12.3 Å². The normalized spacial score (nSPS) is 16.3. The summed E-state index contributed by atoms with van der Waals surface area (Å²) in [6.07, 6.45) is 3.64. The molecule has 2 aromatic rings. The molecule has 3 rings (SSSR count). The molecule has 1 N–H and O–H groups in total. The molecule has 4 heteroatoms. The maximum Gasteiger partial charge on any atom is 0.127 e. The Morgan fingerprint density at radius 2 is 2.22 bits per heavy atom. The number of imidazole rings is 1. The SMILES string of the molecule is Cc1ccc(Br)cc1-c1cnc(C2(C#N)CC2)[nH]1. The minimum Gasteiger partial charge on any atom is -0.341 e. The van der Waals surface area contributed by atoms with E-state index in [-0.39, 0.29) is 5.41 Å². The first-order valence-corrected chi connectivity index (χ1v) is 6.67. The van der Waals surface area contributed by atoms with Gasteiger partial charge in [0.25, 0.3) is 0 Å². The molecule has 1 aromatic heterocycles. The second kappa shape index (κ2) is 3.96. The predicted molar refractivity (Wildman–Crippen MR) is 73.0 cm³/mol. The molecule has 1 saturated carbocycles. The number of nitrogens with one attached hydrogen (secondary N) is 1. The summed E-state index contributed by atoms with van der Waals surface area (Å²) in [4.78, 5) is 7.67. The highest BCUT2D eigenvalue weighted by Crippen LogP contribution is 2.46. The van der Waals surface area contributed by atoms with E-state index in [0.29, 0.717) is 0 Å². The van der Waals surface area contributed by atoms with Crippen molar-refractivity contribution in [2.24, 2.45) is 0 Å². The average Bonchev–Trinajstić information content (AvgIpc) is 3.02. The van der Waals surface area contributed by atoms with Crippen molar-refractivity contribution in [3.63, 3.8) is 0 Å². The van der Waals surface area contributed by atoms with Crippen molar-refractivity contribution in [2.45, 2.75) is 25.2 Å². The fourth-order valence-electron chi connectivity index (χ4n) is 2.11. The molecule has 1 aliphatic rings. The molecule has 18 heavy (non-hydrogen) atoms. The molecule has 0 aliphatic heterocycles. The van der Waals surface area contributed by atoms with Crippen LogP contribution in [0.2, 0.25) is 0 Å². The Hall–Kier alpha value is -1.60. The number of rotatable bonds is 2. The number of nitrogens with zero attached hydrogens (tertiary/aromatic N) is 2. The minimum atomic E-state index is -0.349. The van der Waals surface area contributed by atoms with Crippen LogP contribution in [-0.4, -0.2) is 9.97 Å². The van der Waals surface area contributed by atoms with Crippen molar-refractivity contribution in [3.8, 4) is 17.3 Å². The van der Waals surface area contributed by atoms with Gasteiger partial charge in [-0.25, -0.2) is 4.98 Å². The van der Waals surface area contributed by atoms with Gasteiger partial charge in [-0.15, -0.1) is 0 Å². The maximum absolute atomic E-state index is 9.17. The quantitative estimate of drug-likeness (QED) is 0.919. The van der Waals surface area contributed by atoms with Crippen molar-refractivity contribution in [2.75, 3.05) is 0 Å². The van der Waals surface area contributed by atoms with Crippen LogP contribution >= 0.6 is 15.9 Å². The van der Waals surface area contributed by atoms with Crippen LogP contribution in [0.1, 0.15) is 24.2 Å². The van der Waals surface area contributed by atoms with Crippen LogP contribution in [0.15, 0.2) is 28.9 Å². The Morgan fingerprint density at radius 3 is 2.89 bits per heavy atom. The fraction of sp³-hybridized carbons (Fsp3) is 0.286. The molecule has 0 radical (unpaired) electrons. The lowest BCUT2D eigenvalue weighted by molar-refractivity contribution is 0.822. The highest BCUT2D eigenvalue weighted by atomic mass is 79.9. The lowest BCUT2D eigenvalue weighted by atomic mass is 10.1. The molecule has 3 nitrogen and oxygen atoms in total.